The minimum atomic E-state index is -0.508. The summed E-state index contributed by atoms with van der Waals surface area (Å²) in [5.74, 6) is 0.172. The van der Waals surface area contributed by atoms with Gasteiger partial charge >= 0.3 is 5.69 Å². The van der Waals surface area contributed by atoms with Gasteiger partial charge in [-0.3, -0.25) is 9.78 Å². The zero-order valence-corrected chi connectivity index (χ0v) is 8.55. The molecule has 0 bridgehead atoms. The zero-order valence-electron chi connectivity index (χ0n) is 8.55. The minimum absolute atomic E-state index is 0.172. The van der Waals surface area contributed by atoms with E-state index < -0.39 is 5.69 Å². The fourth-order valence-corrected chi connectivity index (χ4v) is 1.23. The molecule has 1 heterocycles. The predicted octanol–water partition coefficient (Wildman–Crippen LogP) is 0.0274. The number of rotatable bonds is 2. The van der Waals surface area contributed by atoms with Crippen LogP contribution in [0.2, 0.25) is 0 Å². The average Bonchev–Trinajstić information content (AvgIpc) is 2.09. The maximum absolute atomic E-state index is 11.3. The van der Waals surface area contributed by atoms with Gasteiger partial charge in [-0.05, 0) is 12.8 Å². The van der Waals surface area contributed by atoms with Crippen molar-refractivity contribution in [2.75, 3.05) is 0 Å². The lowest BCUT2D eigenvalue weighted by Crippen LogP contribution is -2.31. The predicted molar refractivity (Wildman–Crippen MR) is 54.2 cm³/mol. The Bertz CT molecular complexity index is 430. The Morgan fingerprint density at radius 3 is 2.29 bits per heavy atom. The molecule has 78 valence electrons. The van der Waals surface area contributed by atoms with Crippen molar-refractivity contribution >= 4 is 0 Å². The third kappa shape index (κ3) is 1.93. The quantitative estimate of drug-likeness (QED) is 0.624. The molecular weight excluding hydrogens is 182 g/mol. The fraction of sp³-hybridized carbons (Fsp3) is 0.556. The number of aromatic amines is 2. The summed E-state index contributed by atoms with van der Waals surface area (Å²) in [6.45, 7) is 5.51. The van der Waals surface area contributed by atoms with Crippen LogP contribution in [0.5, 0.6) is 0 Å². The summed E-state index contributed by atoms with van der Waals surface area (Å²) in [6.07, 6.45) is 0. The molecule has 4 N–H and O–H groups in total. The summed E-state index contributed by atoms with van der Waals surface area (Å²) >= 11 is 0. The van der Waals surface area contributed by atoms with E-state index in [1.807, 2.05) is 13.8 Å². The van der Waals surface area contributed by atoms with Crippen molar-refractivity contribution < 1.29 is 0 Å². The number of aromatic nitrogens is 2. The summed E-state index contributed by atoms with van der Waals surface area (Å²) in [5.41, 5.74) is 5.97. The molecule has 1 rings (SSSR count). The largest absolute Gasteiger partial charge is 0.325 e. The van der Waals surface area contributed by atoms with Gasteiger partial charge in [0, 0.05) is 17.3 Å². The Kier molecular flexibility index (Phi) is 2.90. The number of H-pyrrole nitrogens is 2. The Morgan fingerprint density at radius 1 is 1.21 bits per heavy atom. The Labute approximate surface area is 81.4 Å². The second-order valence-electron chi connectivity index (χ2n) is 3.72. The standard InChI is InChI=1S/C9H15N3O2/c1-4(2)6(10)7-5(3)8(13)12-9(14)11-7/h4,6H,10H2,1-3H3,(H2,11,12,13,14)/t6-/m0/s1. The second-order valence-corrected chi connectivity index (χ2v) is 3.72. The molecule has 0 spiro atoms. The first-order valence-electron chi connectivity index (χ1n) is 4.52. The highest BCUT2D eigenvalue weighted by Gasteiger charge is 2.15. The van der Waals surface area contributed by atoms with Gasteiger partial charge < -0.3 is 10.7 Å². The van der Waals surface area contributed by atoms with Crippen LogP contribution < -0.4 is 17.0 Å². The molecule has 0 aliphatic heterocycles. The van der Waals surface area contributed by atoms with E-state index in [4.69, 9.17) is 5.73 Å². The van der Waals surface area contributed by atoms with Crippen molar-refractivity contribution in [3.63, 3.8) is 0 Å². The molecule has 14 heavy (non-hydrogen) atoms. The van der Waals surface area contributed by atoms with Gasteiger partial charge in [0.15, 0.2) is 0 Å². The van der Waals surface area contributed by atoms with Crippen LogP contribution in [0.15, 0.2) is 9.59 Å². The maximum atomic E-state index is 11.3. The van der Waals surface area contributed by atoms with E-state index in [-0.39, 0.29) is 17.5 Å². The van der Waals surface area contributed by atoms with Gasteiger partial charge in [-0.2, -0.15) is 0 Å². The Morgan fingerprint density at radius 2 is 1.79 bits per heavy atom. The molecule has 5 heteroatoms. The van der Waals surface area contributed by atoms with E-state index in [1.165, 1.54) is 0 Å². The van der Waals surface area contributed by atoms with Gasteiger partial charge in [0.1, 0.15) is 0 Å². The van der Waals surface area contributed by atoms with E-state index in [9.17, 15) is 9.59 Å². The molecule has 0 radical (unpaired) electrons. The smallest absolute Gasteiger partial charge is 0.323 e. The lowest BCUT2D eigenvalue weighted by molar-refractivity contribution is 0.497. The summed E-state index contributed by atoms with van der Waals surface area (Å²) in [7, 11) is 0. The van der Waals surface area contributed by atoms with E-state index in [2.05, 4.69) is 9.97 Å². The van der Waals surface area contributed by atoms with Crippen LogP contribution >= 0.6 is 0 Å². The molecule has 0 amide bonds. The minimum Gasteiger partial charge on any atom is -0.323 e. The Hall–Kier alpha value is -1.36. The van der Waals surface area contributed by atoms with Crippen LogP contribution in [0.1, 0.15) is 31.1 Å². The lowest BCUT2D eigenvalue weighted by atomic mass is 9.99. The lowest BCUT2D eigenvalue weighted by Gasteiger charge is -2.16. The van der Waals surface area contributed by atoms with Crippen LogP contribution in [-0.4, -0.2) is 9.97 Å². The van der Waals surface area contributed by atoms with Crippen molar-refractivity contribution in [1.82, 2.24) is 9.97 Å². The average molecular weight is 197 g/mol. The van der Waals surface area contributed by atoms with Crippen molar-refractivity contribution in [2.45, 2.75) is 26.8 Å². The first-order chi connectivity index (χ1) is 6.43. The first kappa shape index (κ1) is 10.7. The van der Waals surface area contributed by atoms with E-state index in [1.54, 1.807) is 6.92 Å². The van der Waals surface area contributed by atoms with Crippen LogP contribution in [0, 0.1) is 12.8 Å². The number of hydrogen-bond acceptors (Lipinski definition) is 3. The summed E-state index contributed by atoms with van der Waals surface area (Å²) in [4.78, 5) is 27.0. The molecule has 1 atom stereocenters. The molecule has 0 aliphatic carbocycles. The first-order valence-corrected chi connectivity index (χ1v) is 4.52. The molecule has 1 aromatic rings. The van der Waals surface area contributed by atoms with E-state index in [0.29, 0.717) is 11.3 Å². The van der Waals surface area contributed by atoms with Gasteiger partial charge in [-0.25, -0.2) is 4.79 Å². The van der Waals surface area contributed by atoms with Gasteiger partial charge in [-0.15, -0.1) is 0 Å². The summed E-state index contributed by atoms with van der Waals surface area (Å²) in [6, 6.07) is -0.315. The topological polar surface area (TPSA) is 91.7 Å². The highest BCUT2D eigenvalue weighted by Crippen LogP contribution is 2.16. The molecule has 0 fully saturated rings. The number of nitrogens with two attached hydrogens (primary N) is 1. The molecule has 5 nitrogen and oxygen atoms in total. The number of nitrogens with one attached hydrogen (secondary N) is 2. The molecule has 0 aliphatic rings. The highest BCUT2D eigenvalue weighted by atomic mass is 16.2. The van der Waals surface area contributed by atoms with Gasteiger partial charge in [0.05, 0.1) is 0 Å². The summed E-state index contributed by atoms with van der Waals surface area (Å²) in [5, 5.41) is 0. The van der Waals surface area contributed by atoms with Gasteiger partial charge in [0.25, 0.3) is 5.56 Å². The Balaban J connectivity index is 3.34. The normalized spacial score (nSPS) is 13.2. The van der Waals surface area contributed by atoms with Crippen LogP contribution in [0.3, 0.4) is 0 Å². The third-order valence-electron chi connectivity index (χ3n) is 2.27. The SMILES string of the molecule is Cc1c([C@@H](N)C(C)C)[nH]c(=O)[nH]c1=O. The third-order valence-corrected chi connectivity index (χ3v) is 2.27. The highest BCUT2D eigenvalue weighted by molar-refractivity contribution is 5.17. The molecule has 0 saturated carbocycles. The second kappa shape index (κ2) is 3.79. The van der Waals surface area contributed by atoms with E-state index >= 15 is 0 Å². The molecule has 1 aromatic heterocycles. The van der Waals surface area contributed by atoms with Crippen molar-refractivity contribution in [3.8, 4) is 0 Å². The van der Waals surface area contributed by atoms with Crippen molar-refractivity contribution in [1.29, 1.82) is 0 Å². The fourth-order valence-electron chi connectivity index (χ4n) is 1.23. The van der Waals surface area contributed by atoms with Crippen molar-refractivity contribution in [3.05, 3.63) is 32.1 Å². The molecule has 0 saturated heterocycles. The maximum Gasteiger partial charge on any atom is 0.325 e. The number of hydrogen-bond donors (Lipinski definition) is 3. The molecule has 0 aromatic carbocycles. The van der Waals surface area contributed by atoms with Crippen LogP contribution in [0.25, 0.3) is 0 Å². The summed E-state index contributed by atoms with van der Waals surface area (Å²) < 4.78 is 0. The monoisotopic (exact) mass is 197 g/mol. The van der Waals surface area contributed by atoms with E-state index in [0.717, 1.165) is 0 Å². The van der Waals surface area contributed by atoms with Gasteiger partial charge in [-0.1, -0.05) is 13.8 Å². The van der Waals surface area contributed by atoms with Crippen LogP contribution in [-0.2, 0) is 0 Å². The zero-order chi connectivity index (χ0) is 10.9. The van der Waals surface area contributed by atoms with Crippen molar-refractivity contribution in [2.24, 2.45) is 11.7 Å². The molecule has 0 unspecified atom stereocenters. The molecular formula is C9H15N3O2. The van der Waals surface area contributed by atoms with Crippen LogP contribution in [0.4, 0.5) is 0 Å². The van der Waals surface area contributed by atoms with Gasteiger partial charge in [0.2, 0.25) is 0 Å².